The van der Waals surface area contributed by atoms with Crippen LogP contribution in [0.25, 0.3) is 0 Å². The van der Waals surface area contributed by atoms with Gasteiger partial charge in [0.05, 0.1) is 0 Å². The molecule has 5 heteroatoms. The molecular formula is C17H12FN3O. The molecule has 0 saturated carbocycles. The van der Waals surface area contributed by atoms with E-state index in [1.165, 1.54) is 29.2 Å². The summed E-state index contributed by atoms with van der Waals surface area (Å²) in [7, 11) is 0. The van der Waals surface area contributed by atoms with E-state index in [0.29, 0.717) is 17.2 Å². The van der Waals surface area contributed by atoms with Gasteiger partial charge in [-0.3, -0.25) is 4.79 Å². The fourth-order valence-electron chi connectivity index (χ4n) is 2.02. The van der Waals surface area contributed by atoms with Crippen LogP contribution >= 0.6 is 0 Å². The maximum atomic E-state index is 13.0. The summed E-state index contributed by atoms with van der Waals surface area (Å²) in [5, 5.41) is 0. The number of aromatic nitrogens is 2. The van der Waals surface area contributed by atoms with Gasteiger partial charge in [0.2, 0.25) is 0 Å². The number of carbonyl (C=O) groups is 1. The van der Waals surface area contributed by atoms with E-state index < -0.39 is 5.82 Å². The summed E-state index contributed by atoms with van der Waals surface area (Å²) in [6, 6.07) is 15.9. The van der Waals surface area contributed by atoms with Gasteiger partial charge in [-0.15, -0.1) is 0 Å². The van der Waals surface area contributed by atoms with Crippen molar-refractivity contribution in [1.82, 2.24) is 9.97 Å². The SMILES string of the molecule is O=C(c1ccc(F)cc1)N(c1ccccn1)c1ccccn1. The Bertz CT molecular complexity index is 721. The Morgan fingerprint density at radius 3 is 1.82 bits per heavy atom. The molecule has 0 aliphatic heterocycles. The largest absolute Gasteiger partial charge is 0.268 e. The van der Waals surface area contributed by atoms with E-state index in [0.717, 1.165) is 0 Å². The molecule has 0 aliphatic carbocycles. The van der Waals surface area contributed by atoms with Gasteiger partial charge in [-0.2, -0.15) is 0 Å². The summed E-state index contributed by atoms with van der Waals surface area (Å²) in [6.07, 6.45) is 3.20. The van der Waals surface area contributed by atoms with Crippen molar-refractivity contribution in [3.63, 3.8) is 0 Å². The van der Waals surface area contributed by atoms with Gasteiger partial charge in [0.15, 0.2) is 0 Å². The maximum absolute atomic E-state index is 13.0. The molecule has 0 bridgehead atoms. The maximum Gasteiger partial charge on any atom is 0.265 e. The van der Waals surface area contributed by atoms with Crippen LogP contribution in [0.15, 0.2) is 73.1 Å². The smallest absolute Gasteiger partial charge is 0.265 e. The summed E-state index contributed by atoms with van der Waals surface area (Å²) in [5.41, 5.74) is 0.359. The third-order valence-corrected chi connectivity index (χ3v) is 3.05. The zero-order valence-electron chi connectivity index (χ0n) is 11.6. The van der Waals surface area contributed by atoms with Crippen LogP contribution in [-0.4, -0.2) is 15.9 Å². The normalized spacial score (nSPS) is 10.2. The van der Waals surface area contributed by atoms with Crippen molar-refractivity contribution in [2.45, 2.75) is 0 Å². The second-order valence-corrected chi connectivity index (χ2v) is 4.52. The van der Waals surface area contributed by atoms with Crippen LogP contribution in [-0.2, 0) is 0 Å². The second-order valence-electron chi connectivity index (χ2n) is 4.52. The zero-order valence-corrected chi connectivity index (χ0v) is 11.6. The van der Waals surface area contributed by atoms with Crippen LogP contribution in [0.4, 0.5) is 16.0 Å². The van der Waals surface area contributed by atoms with Crippen molar-refractivity contribution in [3.8, 4) is 0 Å². The minimum Gasteiger partial charge on any atom is -0.268 e. The first-order valence-corrected chi connectivity index (χ1v) is 6.68. The van der Waals surface area contributed by atoms with Crippen LogP contribution in [0.3, 0.4) is 0 Å². The van der Waals surface area contributed by atoms with Gasteiger partial charge in [0.1, 0.15) is 17.5 Å². The number of halogens is 1. The predicted octanol–water partition coefficient (Wildman–Crippen LogP) is 3.59. The van der Waals surface area contributed by atoms with E-state index in [9.17, 15) is 9.18 Å². The van der Waals surface area contributed by atoms with Crippen LogP contribution in [0.5, 0.6) is 0 Å². The lowest BCUT2D eigenvalue weighted by Crippen LogP contribution is -2.27. The molecule has 1 amide bonds. The van der Waals surface area contributed by atoms with Gasteiger partial charge in [-0.05, 0) is 48.5 Å². The van der Waals surface area contributed by atoms with Gasteiger partial charge in [-0.1, -0.05) is 12.1 Å². The molecule has 108 valence electrons. The van der Waals surface area contributed by atoms with Crippen molar-refractivity contribution in [1.29, 1.82) is 0 Å². The third-order valence-electron chi connectivity index (χ3n) is 3.05. The van der Waals surface area contributed by atoms with Crippen molar-refractivity contribution >= 4 is 17.5 Å². The highest BCUT2D eigenvalue weighted by Gasteiger charge is 2.21. The molecule has 0 unspecified atom stereocenters. The number of nitrogens with zero attached hydrogens (tertiary/aromatic N) is 3. The average molecular weight is 293 g/mol. The first-order chi connectivity index (χ1) is 10.8. The second kappa shape index (κ2) is 6.13. The lowest BCUT2D eigenvalue weighted by atomic mass is 10.2. The number of carbonyl (C=O) groups excluding carboxylic acids is 1. The number of anilines is 2. The lowest BCUT2D eigenvalue weighted by Gasteiger charge is -2.20. The van der Waals surface area contributed by atoms with Gasteiger partial charge in [0, 0.05) is 18.0 Å². The number of hydrogen-bond acceptors (Lipinski definition) is 3. The fourth-order valence-corrected chi connectivity index (χ4v) is 2.02. The molecule has 0 saturated heterocycles. The molecular weight excluding hydrogens is 281 g/mol. The van der Waals surface area contributed by atoms with Gasteiger partial charge in [-0.25, -0.2) is 19.3 Å². The topological polar surface area (TPSA) is 46.1 Å². The summed E-state index contributed by atoms with van der Waals surface area (Å²) >= 11 is 0. The molecule has 3 aromatic rings. The van der Waals surface area contributed by atoms with Crippen molar-refractivity contribution in [3.05, 3.63) is 84.4 Å². The molecule has 2 heterocycles. The van der Waals surface area contributed by atoms with E-state index >= 15 is 0 Å². The highest BCUT2D eigenvalue weighted by molar-refractivity contribution is 6.09. The summed E-state index contributed by atoms with van der Waals surface area (Å²) in [6.45, 7) is 0. The van der Waals surface area contributed by atoms with Gasteiger partial charge >= 0.3 is 0 Å². The van der Waals surface area contributed by atoms with Gasteiger partial charge < -0.3 is 0 Å². The molecule has 0 N–H and O–H groups in total. The molecule has 22 heavy (non-hydrogen) atoms. The number of pyridine rings is 2. The summed E-state index contributed by atoms with van der Waals surface area (Å²) in [5.74, 6) is 0.197. The quantitative estimate of drug-likeness (QED) is 0.741. The number of rotatable bonds is 3. The van der Waals surface area contributed by atoms with E-state index in [4.69, 9.17) is 0 Å². The fraction of sp³-hybridized carbons (Fsp3) is 0. The summed E-state index contributed by atoms with van der Waals surface area (Å²) in [4.78, 5) is 22.6. The first-order valence-electron chi connectivity index (χ1n) is 6.68. The van der Waals surface area contributed by atoms with Gasteiger partial charge in [0.25, 0.3) is 5.91 Å². The van der Waals surface area contributed by atoms with E-state index in [1.807, 2.05) is 0 Å². The van der Waals surface area contributed by atoms with E-state index in [2.05, 4.69) is 9.97 Å². The Balaban J connectivity index is 2.06. The van der Waals surface area contributed by atoms with E-state index in [-0.39, 0.29) is 5.91 Å². The molecule has 0 fully saturated rings. The number of amides is 1. The van der Waals surface area contributed by atoms with Crippen LogP contribution in [0.1, 0.15) is 10.4 Å². The highest BCUT2D eigenvalue weighted by atomic mass is 19.1. The first kappa shape index (κ1) is 13.9. The predicted molar refractivity (Wildman–Crippen MR) is 81.3 cm³/mol. The van der Waals surface area contributed by atoms with E-state index in [1.54, 1.807) is 48.8 Å². The third kappa shape index (κ3) is 2.83. The van der Waals surface area contributed by atoms with Crippen molar-refractivity contribution in [2.24, 2.45) is 0 Å². The Morgan fingerprint density at radius 2 is 1.36 bits per heavy atom. The average Bonchev–Trinajstić information content (AvgIpc) is 2.57. The zero-order chi connectivity index (χ0) is 15.4. The van der Waals surface area contributed by atoms with Crippen molar-refractivity contribution in [2.75, 3.05) is 4.90 Å². The molecule has 3 rings (SSSR count). The summed E-state index contributed by atoms with van der Waals surface area (Å²) < 4.78 is 13.0. The molecule has 2 aromatic heterocycles. The Labute approximate surface area is 126 Å². The minimum absolute atomic E-state index is 0.322. The Hall–Kier alpha value is -3.08. The molecule has 0 spiro atoms. The molecule has 0 radical (unpaired) electrons. The minimum atomic E-state index is -0.390. The number of hydrogen-bond donors (Lipinski definition) is 0. The molecule has 0 aliphatic rings. The lowest BCUT2D eigenvalue weighted by molar-refractivity contribution is 0.0998. The monoisotopic (exact) mass is 293 g/mol. The highest BCUT2D eigenvalue weighted by Crippen LogP contribution is 2.23. The molecule has 1 aromatic carbocycles. The number of benzene rings is 1. The molecule has 0 atom stereocenters. The Morgan fingerprint density at radius 1 is 0.818 bits per heavy atom. The van der Waals surface area contributed by atoms with Crippen molar-refractivity contribution < 1.29 is 9.18 Å². The standard InChI is InChI=1S/C17H12FN3O/c18-14-9-7-13(8-10-14)17(22)21(15-5-1-3-11-19-15)16-6-2-4-12-20-16/h1-12H. The van der Waals surface area contributed by atoms with Crippen LogP contribution in [0.2, 0.25) is 0 Å². The van der Waals surface area contributed by atoms with Crippen LogP contribution in [0, 0.1) is 5.82 Å². The molecule has 4 nitrogen and oxygen atoms in total. The van der Waals surface area contributed by atoms with Crippen LogP contribution < -0.4 is 4.90 Å². The Kier molecular flexibility index (Phi) is 3.87.